The first-order valence-electron chi connectivity index (χ1n) is 13.7. The minimum absolute atomic E-state index is 0.118. The summed E-state index contributed by atoms with van der Waals surface area (Å²) in [5, 5.41) is 10.3. The van der Waals surface area contributed by atoms with Crippen LogP contribution >= 0.6 is 34.8 Å². The van der Waals surface area contributed by atoms with Crippen LogP contribution in [0.5, 0.6) is 11.5 Å². The summed E-state index contributed by atoms with van der Waals surface area (Å²) in [7, 11) is 0. The first kappa shape index (κ1) is 32.1. The van der Waals surface area contributed by atoms with Crippen molar-refractivity contribution < 1.29 is 19.1 Å². The molecule has 0 aliphatic rings. The van der Waals surface area contributed by atoms with Crippen molar-refractivity contribution in [3.05, 3.63) is 105 Å². The summed E-state index contributed by atoms with van der Waals surface area (Å²) in [6.07, 6.45) is 1.03. The lowest BCUT2D eigenvalue weighted by atomic mass is 10.0. The molecule has 0 unspecified atom stereocenters. The average molecular weight is 641 g/mol. The fourth-order valence-electron chi connectivity index (χ4n) is 4.32. The van der Waals surface area contributed by atoms with Gasteiger partial charge in [-0.3, -0.25) is 9.59 Å². The van der Waals surface area contributed by atoms with Gasteiger partial charge in [-0.25, -0.2) is 5.43 Å². The van der Waals surface area contributed by atoms with Gasteiger partial charge in [-0.05, 0) is 72.0 Å². The molecule has 4 aromatic carbocycles. The van der Waals surface area contributed by atoms with Crippen molar-refractivity contribution in [1.29, 1.82) is 0 Å². The molecular formula is C33H32Cl3N3O4. The highest BCUT2D eigenvalue weighted by molar-refractivity contribution is 6.35. The molecule has 0 spiro atoms. The second kappa shape index (κ2) is 15.1. The number of hydrogen-bond acceptors (Lipinski definition) is 5. The minimum Gasteiger partial charge on any atom is -0.488 e. The molecule has 0 aromatic heterocycles. The third-order valence-electron chi connectivity index (χ3n) is 6.51. The Kier molecular flexibility index (Phi) is 11.3. The Labute approximate surface area is 266 Å². The number of hydrogen-bond donors (Lipinski definition) is 2. The van der Waals surface area contributed by atoms with E-state index >= 15 is 0 Å². The van der Waals surface area contributed by atoms with Crippen LogP contribution in [0.15, 0.2) is 84.0 Å². The van der Waals surface area contributed by atoms with Crippen molar-refractivity contribution in [2.24, 2.45) is 11.0 Å². The number of nitrogens with one attached hydrogen (secondary N) is 2. The number of nitrogens with zero attached hydrogens (tertiary/aromatic N) is 1. The quantitative estimate of drug-likeness (QED) is 0.122. The standard InChI is InChI=1S/C33H32Cl3N3O4/c1-20(2)16-29(38-32(40)21(3)43-31-15-13-25(35)17-28(31)36)33(41)39-37-18-27-26-7-5-4-6-23(26)10-14-30(27)42-19-22-8-11-24(34)12-9-22/h4-15,17-18,20-21,29H,16,19H2,1-3H3,(H,38,40)(H,39,41)/b37-18-/t21-,29+/m1/s1. The van der Waals surface area contributed by atoms with Crippen molar-refractivity contribution >= 4 is 63.6 Å². The third-order valence-corrected chi connectivity index (χ3v) is 7.30. The summed E-state index contributed by atoms with van der Waals surface area (Å²) >= 11 is 18.1. The summed E-state index contributed by atoms with van der Waals surface area (Å²) < 4.78 is 11.9. The monoisotopic (exact) mass is 639 g/mol. The van der Waals surface area contributed by atoms with E-state index in [2.05, 4.69) is 15.8 Å². The number of benzene rings is 4. The van der Waals surface area contributed by atoms with E-state index in [0.29, 0.717) is 40.1 Å². The molecule has 2 N–H and O–H groups in total. The van der Waals surface area contributed by atoms with E-state index in [0.717, 1.165) is 16.3 Å². The van der Waals surface area contributed by atoms with Gasteiger partial charge in [0.2, 0.25) is 0 Å². The van der Waals surface area contributed by atoms with Gasteiger partial charge in [0.1, 0.15) is 24.1 Å². The molecule has 4 rings (SSSR count). The Morgan fingerprint density at radius 1 is 0.860 bits per heavy atom. The normalized spacial score (nSPS) is 12.7. The van der Waals surface area contributed by atoms with Crippen LogP contribution in [0.25, 0.3) is 10.8 Å². The zero-order valence-electron chi connectivity index (χ0n) is 23.9. The van der Waals surface area contributed by atoms with E-state index in [1.165, 1.54) is 6.07 Å². The van der Waals surface area contributed by atoms with E-state index in [-0.39, 0.29) is 10.9 Å². The van der Waals surface area contributed by atoms with Crippen molar-refractivity contribution in [3.8, 4) is 11.5 Å². The predicted octanol–water partition coefficient (Wildman–Crippen LogP) is 7.83. The highest BCUT2D eigenvalue weighted by Crippen LogP contribution is 2.29. The summed E-state index contributed by atoms with van der Waals surface area (Å²) in [6, 6.07) is 23.0. The van der Waals surface area contributed by atoms with Gasteiger partial charge in [-0.2, -0.15) is 5.10 Å². The lowest BCUT2D eigenvalue weighted by Gasteiger charge is -2.22. The minimum atomic E-state index is -0.916. The summed E-state index contributed by atoms with van der Waals surface area (Å²) in [5.41, 5.74) is 4.25. The van der Waals surface area contributed by atoms with Crippen LogP contribution in [-0.2, 0) is 16.2 Å². The van der Waals surface area contributed by atoms with Crippen molar-refractivity contribution in [1.82, 2.24) is 10.7 Å². The Morgan fingerprint density at radius 2 is 1.56 bits per heavy atom. The number of carbonyl (C=O) groups is 2. The first-order chi connectivity index (χ1) is 20.6. The topological polar surface area (TPSA) is 89.0 Å². The maximum Gasteiger partial charge on any atom is 0.262 e. The molecule has 0 aliphatic heterocycles. The smallest absolute Gasteiger partial charge is 0.262 e. The van der Waals surface area contributed by atoms with Gasteiger partial charge in [0.15, 0.2) is 6.10 Å². The molecule has 2 amide bonds. The highest BCUT2D eigenvalue weighted by Gasteiger charge is 2.25. The third kappa shape index (κ3) is 9.10. The van der Waals surface area contributed by atoms with Gasteiger partial charge >= 0.3 is 0 Å². The zero-order valence-corrected chi connectivity index (χ0v) is 26.2. The molecule has 4 aromatic rings. The van der Waals surface area contributed by atoms with Crippen molar-refractivity contribution in [2.45, 2.75) is 45.9 Å². The van der Waals surface area contributed by atoms with Gasteiger partial charge in [-0.15, -0.1) is 0 Å². The molecule has 224 valence electrons. The van der Waals surface area contributed by atoms with Gasteiger partial charge in [-0.1, -0.05) is 91.1 Å². The van der Waals surface area contributed by atoms with E-state index in [1.807, 2.05) is 74.5 Å². The molecule has 2 atom stereocenters. The maximum atomic E-state index is 13.2. The van der Waals surface area contributed by atoms with Crippen LogP contribution < -0.4 is 20.2 Å². The van der Waals surface area contributed by atoms with E-state index < -0.39 is 24.0 Å². The lowest BCUT2D eigenvalue weighted by Crippen LogP contribution is -2.49. The van der Waals surface area contributed by atoms with E-state index in [1.54, 1.807) is 25.3 Å². The second-order valence-corrected chi connectivity index (χ2v) is 11.7. The molecule has 0 heterocycles. The maximum absolute atomic E-state index is 13.2. The van der Waals surface area contributed by atoms with Crippen LogP contribution in [0, 0.1) is 5.92 Å². The summed E-state index contributed by atoms with van der Waals surface area (Å²) in [6.45, 7) is 5.83. The number of ether oxygens (including phenoxy) is 2. The zero-order chi connectivity index (χ0) is 30.9. The van der Waals surface area contributed by atoms with E-state index in [9.17, 15) is 9.59 Å². The number of fused-ring (bicyclic) bond motifs is 1. The highest BCUT2D eigenvalue weighted by atomic mass is 35.5. The summed E-state index contributed by atoms with van der Waals surface area (Å²) in [5.74, 6) is 0.104. The average Bonchev–Trinajstić information content (AvgIpc) is 2.98. The fourth-order valence-corrected chi connectivity index (χ4v) is 4.90. The molecule has 0 bridgehead atoms. The molecule has 10 heteroatoms. The number of rotatable bonds is 12. The van der Waals surface area contributed by atoms with E-state index in [4.69, 9.17) is 44.3 Å². The first-order valence-corrected chi connectivity index (χ1v) is 14.9. The fraction of sp³-hybridized carbons (Fsp3) is 0.242. The second-order valence-electron chi connectivity index (χ2n) is 10.4. The number of amides is 2. The number of carbonyl (C=O) groups excluding carboxylic acids is 2. The van der Waals surface area contributed by atoms with Crippen molar-refractivity contribution in [3.63, 3.8) is 0 Å². The van der Waals surface area contributed by atoms with Crippen LogP contribution in [0.4, 0.5) is 0 Å². The van der Waals surface area contributed by atoms with Crippen LogP contribution in [0.3, 0.4) is 0 Å². The molecule has 0 aliphatic carbocycles. The largest absolute Gasteiger partial charge is 0.488 e. The van der Waals surface area contributed by atoms with Crippen LogP contribution in [-0.4, -0.2) is 30.2 Å². The van der Waals surface area contributed by atoms with Gasteiger partial charge in [0.25, 0.3) is 11.8 Å². The predicted molar refractivity (Wildman–Crippen MR) is 173 cm³/mol. The number of halogens is 3. The van der Waals surface area contributed by atoms with Gasteiger partial charge < -0.3 is 14.8 Å². The Balaban J connectivity index is 1.47. The summed E-state index contributed by atoms with van der Waals surface area (Å²) in [4.78, 5) is 26.2. The Morgan fingerprint density at radius 3 is 2.28 bits per heavy atom. The SMILES string of the molecule is CC(C)C[C@H](NC(=O)[C@@H](C)Oc1ccc(Cl)cc1Cl)C(=O)N/N=C\c1c(OCc2ccc(Cl)cc2)ccc2ccccc12. The van der Waals surface area contributed by atoms with Crippen LogP contribution in [0.2, 0.25) is 15.1 Å². The molecular weight excluding hydrogens is 609 g/mol. The number of hydrazone groups is 1. The lowest BCUT2D eigenvalue weighted by molar-refractivity contribution is -0.132. The Hall–Kier alpha value is -3.78. The van der Waals surface area contributed by atoms with Gasteiger partial charge in [0.05, 0.1) is 11.2 Å². The van der Waals surface area contributed by atoms with Crippen LogP contribution in [0.1, 0.15) is 38.3 Å². The molecule has 0 saturated carbocycles. The molecule has 0 fully saturated rings. The van der Waals surface area contributed by atoms with Crippen molar-refractivity contribution in [2.75, 3.05) is 0 Å². The van der Waals surface area contributed by atoms with Gasteiger partial charge in [0, 0.05) is 15.6 Å². The molecule has 43 heavy (non-hydrogen) atoms. The molecule has 0 radical (unpaired) electrons. The molecule has 0 saturated heterocycles. The Bertz CT molecular complexity index is 1610. The molecule has 7 nitrogen and oxygen atoms in total.